The second-order valence-corrected chi connectivity index (χ2v) is 6.40. The molecule has 142 valence electrons. The Kier molecular flexibility index (Phi) is 4.98. The molecule has 2 amide bonds. The fourth-order valence-electron chi connectivity index (χ4n) is 3.37. The summed E-state index contributed by atoms with van der Waals surface area (Å²) in [4.78, 5) is 24.1. The van der Waals surface area contributed by atoms with Crippen molar-refractivity contribution in [3.63, 3.8) is 0 Å². The summed E-state index contributed by atoms with van der Waals surface area (Å²) in [6.07, 6.45) is -2.53. The number of alkyl halides is 2. The van der Waals surface area contributed by atoms with Crippen molar-refractivity contribution in [1.82, 2.24) is 10.2 Å². The molecule has 2 aliphatic heterocycles. The van der Waals surface area contributed by atoms with E-state index in [4.69, 9.17) is 11.5 Å². The minimum Gasteiger partial charge on any atom is -0.398 e. The van der Waals surface area contributed by atoms with Crippen molar-refractivity contribution in [2.75, 3.05) is 18.0 Å². The molecule has 0 aromatic heterocycles. The monoisotopic (exact) mass is 374 g/mol. The Labute approximate surface area is 155 Å². The topological polar surface area (TPSA) is 101 Å². The number of nitrogens with two attached hydrogens (primary N) is 2. The Balaban J connectivity index is 0.000000166. The molecule has 0 aliphatic carbocycles. The summed E-state index contributed by atoms with van der Waals surface area (Å²) in [5, 5.41) is 2.71. The quantitative estimate of drug-likeness (QED) is 0.703. The first-order chi connectivity index (χ1) is 12.8. The molecule has 0 bridgehead atoms. The molecule has 2 aliphatic rings. The number of nitrogen functional groups attached to an aromatic ring is 2. The largest absolute Gasteiger partial charge is 0.398 e. The lowest BCUT2D eigenvalue weighted by Gasteiger charge is -2.21. The van der Waals surface area contributed by atoms with E-state index >= 15 is 0 Å². The third kappa shape index (κ3) is 3.42. The van der Waals surface area contributed by atoms with Crippen LogP contribution in [0, 0.1) is 0 Å². The third-order valence-corrected chi connectivity index (χ3v) is 4.71. The van der Waals surface area contributed by atoms with Crippen LogP contribution in [0.3, 0.4) is 0 Å². The fourth-order valence-corrected chi connectivity index (χ4v) is 3.37. The number of fused-ring (bicyclic) bond motifs is 2. The molecule has 0 saturated carbocycles. The number of halogens is 2. The van der Waals surface area contributed by atoms with Crippen molar-refractivity contribution in [3.8, 4) is 0 Å². The Bertz CT molecular complexity index is 901. The summed E-state index contributed by atoms with van der Waals surface area (Å²) in [5.74, 6) is -0.459. The van der Waals surface area contributed by atoms with Gasteiger partial charge in [0.05, 0.1) is 23.7 Å². The van der Waals surface area contributed by atoms with E-state index in [1.807, 2.05) is 12.1 Å². The molecule has 8 heteroatoms. The minimum absolute atomic E-state index is 0.0573. The predicted molar refractivity (Wildman–Crippen MR) is 98.3 cm³/mol. The van der Waals surface area contributed by atoms with Gasteiger partial charge in [-0.15, -0.1) is 0 Å². The highest BCUT2D eigenvalue weighted by Gasteiger charge is 2.36. The van der Waals surface area contributed by atoms with Gasteiger partial charge in [0, 0.05) is 17.9 Å². The highest BCUT2D eigenvalue weighted by atomic mass is 19.3. The van der Waals surface area contributed by atoms with E-state index in [0.29, 0.717) is 29.0 Å². The molecule has 2 aromatic rings. The van der Waals surface area contributed by atoms with Crippen LogP contribution in [0.25, 0.3) is 0 Å². The molecule has 1 atom stereocenters. The molecule has 4 rings (SSSR count). The Hall–Kier alpha value is -3.16. The maximum Gasteiger partial charge on any atom is 0.257 e. The van der Waals surface area contributed by atoms with Gasteiger partial charge in [0.1, 0.15) is 0 Å². The molecular formula is C19H20F2N4O2. The number of nitrogens with zero attached hydrogens (tertiary/aromatic N) is 1. The highest BCUT2D eigenvalue weighted by Crippen LogP contribution is 2.36. The van der Waals surface area contributed by atoms with E-state index in [9.17, 15) is 18.4 Å². The Morgan fingerprint density at radius 1 is 1.11 bits per heavy atom. The molecule has 2 heterocycles. The molecule has 6 nitrogen and oxygen atoms in total. The molecular weight excluding hydrogens is 354 g/mol. The van der Waals surface area contributed by atoms with Gasteiger partial charge in [0.15, 0.2) is 0 Å². The maximum atomic E-state index is 12.3. The van der Waals surface area contributed by atoms with E-state index in [0.717, 1.165) is 16.0 Å². The third-order valence-electron chi connectivity index (χ3n) is 4.71. The summed E-state index contributed by atoms with van der Waals surface area (Å²) in [5.41, 5.74) is 14.9. The van der Waals surface area contributed by atoms with Gasteiger partial charge in [0.2, 0.25) is 0 Å². The van der Waals surface area contributed by atoms with Gasteiger partial charge in [-0.1, -0.05) is 24.3 Å². The predicted octanol–water partition coefficient (Wildman–Crippen LogP) is 2.56. The van der Waals surface area contributed by atoms with Crippen LogP contribution in [-0.2, 0) is 6.54 Å². The van der Waals surface area contributed by atoms with Gasteiger partial charge >= 0.3 is 0 Å². The average molecular weight is 374 g/mol. The lowest BCUT2D eigenvalue weighted by atomic mass is 10.0. The van der Waals surface area contributed by atoms with Crippen LogP contribution >= 0.6 is 0 Å². The molecule has 0 radical (unpaired) electrons. The second-order valence-electron chi connectivity index (χ2n) is 6.40. The first kappa shape index (κ1) is 18.6. The van der Waals surface area contributed by atoms with Crippen molar-refractivity contribution in [2.45, 2.75) is 25.9 Å². The van der Waals surface area contributed by atoms with Crippen LogP contribution in [0.4, 0.5) is 20.2 Å². The van der Waals surface area contributed by atoms with Gasteiger partial charge in [-0.25, -0.2) is 8.78 Å². The first-order valence-electron chi connectivity index (χ1n) is 8.44. The van der Waals surface area contributed by atoms with E-state index in [2.05, 4.69) is 5.32 Å². The van der Waals surface area contributed by atoms with Crippen molar-refractivity contribution < 1.29 is 18.4 Å². The average Bonchev–Trinajstić information content (AvgIpc) is 3.11. The highest BCUT2D eigenvalue weighted by molar-refractivity contribution is 6.04. The summed E-state index contributed by atoms with van der Waals surface area (Å²) in [6.45, 7) is 1.79. The zero-order valence-corrected chi connectivity index (χ0v) is 14.7. The summed E-state index contributed by atoms with van der Waals surface area (Å²) >= 11 is 0. The van der Waals surface area contributed by atoms with Gasteiger partial charge in [-0.05, 0) is 30.2 Å². The Morgan fingerprint density at radius 3 is 2.33 bits per heavy atom. The van der Waals surface area contributed by atoms with Crippen molar-refractivity contribution in [2.24, 2.45) is 0 Å². The lowest BCUT2D eigenvalue weighted by Crippen LogP contribution is -2.31. The normalized spacial score (nSPS) is 17.3. The molecule has 1 unspecified atom stereocenters. The van der Waals surface area contributed by atoms with E-state index in [1.165, 1.54) is 0 Å². The molecule has 5 N–H and O–H groups in total. The van der Waals surface area contributed by atoms with E-state index < -0.39 is 18.9 Å². The number of hydrogen-bond acceptors (Lipinski definition) is 4. The first-order valence-corrected chi connectivity index (χ1v) is 8.44. The SMILES string of the molecule is CC1c2cccc(N)c2C(=O)N1CC(F)F.Nc1cccc2c1C(=O)NC2. The smallest absolute Gasteiger partial charge is 0.257 e. The standard InChI is InChI=1S/C11H12F2N2O.C8H8N2O/c1-6-7-3-2-4-8(14)10(7)11(16)15(6)5-9(12)13;9-6-3-1-2-5-4-10-8(11)7(5)6/h2-4,6,9H,5,14H2,1H3;1-3H,4,9H2,(H,10,11). The fraction of sp³-hybridized carbons (Fsp3) is 0.263. The summed E-state index contributed by atoms with van der Waals surface area (Å²) in [6, 6.07) is 10.3. The lowest BCUT2D eigenvalue weighted by molar-refractivity contribution is 0.0507. The number of amides is 2. The number of hydrogen-bond donors (Lipinski definition) is 3. The zero-order valence-electron chi connectivity index (χ0n) is 14.7. The van der Waals surface area contributed by atoms with Gasteiger partial charge in [-0.3, -0.25) is 9.59 Å². The molecule has 0 saturated heterocycles. The van der Waals surface area contributed by atoms with Crippen LogP contribution in [0.15, 0.2) is 36.4 Å². The van der Waals surface area contributed by atoms with Crippen molar-refractivity contribution >= 4 is 23.2 Å². The van der Waals surface area contributed by atoms with Crippen molar-refractivity contribution in [3.05, 3.63) is 58.7 Å². The summed E-state index contributed by atoms with van der Waals surface area (Å²) in [7, 11) is 0. The number of carbonyl (C=O) groups is 2. The van der Waals surface area contributed by atoms with Gasteiger partial charge in [0.25, 0.3) is 18.2 Å². The number of rotatable bonds is 2. The summed E-state index contributed by atoms with van der Waals surface area (Å²) < 4.78 is 24.7. The second kappa shape index (κ2) is 7.22. The van der Waals surface area contributed by atoms with Gasteiger partial charge < -0.3 is 21.7 Å². The van der Waals surface area contributed by atoms with Crippen LogP contribution in [0.2, 0.25) is 0 Å². The molecule has 27 heavy (non-hydrogen) atoms. The van der Waals surface area contributed by atoms with E-state index in [1.54, 1.807) is 31.2 Å². The Morgan fingerprint density at radius 2 is 1.74 bits per heavy atom. The minimum atomic E-state index is -2.53. The number of nitrogens with one attached hydrogen (secondary N) is 1. The van der Waals surface area contributed by atoms with Crippen molar-refractivity contribution in [1.29, 1.82) is 0 Å². The maximum absolute atomic E-state index is 12.3. The number of carbonyl (C=O) groups excluding carboxylic acids is 2. The number of anilines is 2. The van der Waals surface area contributed by atoms with Crippen LogP contribution in [-0.4, -0.2) is 29.7 Å². The number of benzene rings is 2. The molecule has 2 aromatic carbocycles. The van der Waals surface area contributed by atoms with E-state index in [-0.39, 0.29) is 11.9 Å². The van der Waals surface area contributed by atoms with Crippen LogP contribution in [0.5, 0.6) is 0 Å². The van der Waals surface area contributed by atoms with Gasteiger partial charge in [-0.2, -0.15) is 0 Å². The van der Waals surface area contributed by atoms with Crippen LogP contribution < -0.4 is 16.8 Å². The zero-order chi connectivity index (χ0) is 19.7. The van der Waals surface area contributed by atoms with Crippen LogP contribution in [0.1, 0.15) is 44.8 Å². The molecule has 0 spiro atoms. The molecule has 0 fully saturated rings.